The normalized spacial score (nSPS) is 18.7. The van der Waals surface area contributed by atoms with Crippen LogP contribution in [0.15, 0.2) is 47.5 Å². The van der Waals surface area contributed by atoms with Gasteiger partial charge in [0.15, 0.2) is 5.82 Å². The van der Waals surface area contributed by atoms with Crippen molar-refractivity contribution in [1.82, 2.24) is 15.0 Å². The van der Waals surface area contributed by atoms with E-state index in [1.54, 1.807) is 0 Å². The van der Waals surface area contributed by atoms with Crippen LogP contribution in [-0.2, 0) is 17.6 Å². The third-order valence-corrected chi connectivity index (χ3v) is 8.17. The number of nitrogens with one attached hydrogen (secondary N) is 1. The second-order valence-electron chi connectivity index (χ2n) is 8.41. The predicted molar refractivity (Wildman–Crippen MR) is 121 cm³/mol. The van der Waals surface area contributed by atoms with Gasteiger partial charge >= 0.3 is 0 Å². The number of anilines is 3. The SMILES string of the molecule is Cc1cc(-c2ccc(Nc3nc4c(c(N(C)C)n3)[S+]([O-])C3(CCC3)C4)cc2)ccn1. The summed E-state index contributed by atoms with van der Waals surface area (Å²) >= 11 is -1.03. The van der Waals surface area contributed by atoms with Gasteiger partial charge in [-0.25, -0.2) is 4.98 Å². The first-order valence-corrected chi connectivity index (χ1v) is 11.4. The minimum atomic E-state index is -1.03. The number of hydrogen-bond acceptors (Lipinski definition) is 6. The first-order chi connectivity index (χ1) is 14.4. The van der Waals surface area contributed by atoms with Crippen LogP contribution in [0.4, 0.5) is 17.5 Å². The van der Waals surface area contributed by atoms with Crippen molar-refractivity contribution < 1.29 is 4.55 Å². The minimum absolute atomic E-state index is 0.106. The van der Waals surface area contributed by atoms with Crippen molar-refractivity contribution in [3.8, 4) is 11.1 Å². The topological polar surface area (TPSA) is 77.0 Å². The molecule has 5 rings (SSSR count). The fraction of sp³-hybridized carbons (Fsp3) is 0.348. The van der Waals surface area contributed by atoms with Gasteiger partial charge in [0.2, 0.25) is 10.8 Å². The number of aryl methyl sites for hydroxylation is 1. The molecular formula is C23H25N5OS. The highest BCUT2D eigenvalue weighted by Crippen LogP contribution is 2.52. The minimum Gasteiger partial charge on any atom is -0.611 e. The van der Waals surface area contributed by atoms with Gasteiger partial charge in [-0.15, -0.1) is 0 Å². The van der Waals surface area contributed by atoms with Gasteiger partial charge in [-0.3, -0.25) is 4.98 Å². The Morgan fingerprint density at radius 2 is 1.83 bits per heavy atom. The molecule has 1 unspecified atom stereocenters. The average molecular weight is 420 g/mol. The maximum Gasteiger partial charge on any atom is 0.229 e. The molecule has 1 aliphatic carbocycles. The molecular weight excluding hydrogens is 394 g/mol. The summed E-state index contributed by atoms with van der Waals surface area (Å²) in [6.45, 7) is 1.99. The lowest BCUT2D eigenvalue weighted by molar-refractivity contribution is 0.342. The Labute approximate surface area is 180 Å². The number of pyridine rings is 1. The van der Waals surface area contributed by atoms with Crippen molar-refractivity contribution in [3.05, 3.63) is 54.0 Å². The Bertz CT molecular complexity index is 1100. The fourth-order valence-corrected chi connectivity index (χ4v) is 6.36. The molecule has 7 heteroatoms. The van der Waals surface area contributed by atoms with E-state index in [1.165, 1.54) is 0 Å². The first kappa shape index (κ1) is 19.3. The zero-order chi connectivity index (χ0) is 20.9. The molecule has 6 nitrogen and oxygen atoms in total. The van der Waals surface area contributed by atoms with Crippen molar-refractivity contribution in [2.24, 2.45) is 0 Å². The molecule has 0 saturated heterocycles. The fourth-order valence-electron chi connectivity index (χ4n) is 4.27. The number of benzene rings is 1. The standard InChI is InChI=1S/C23H25N5OS/c1-15-13-17(9-12-24-15)16-5-7-18(8-6-16)25-22-26-19-14-23(10-4-11-23)30(29)20(19)21(27-22)28(2)3/h5-9,12-13H,4,10-11,14H2,1-3H3,(H,25,26,27). The molecule has 2 aliphatic rings. The first-order valence-electron chi connectivity index (χ1n) is 10.3. The second kappa shape index (κ2) is 7.25. The molecule has 2 aromatic heterocycles. The highest BCUT2D eigenvalue weighted by Gasteiger charge is 2.57. The van der Waals surface area contributed by atoms with Crippen LogP contribution >= 0.6 is 0 Å². The molecule has 1 spiro atoms. The van der Waals surface area contributed by atoms with E-state index in [4.69, 9.17) is 9.97 Å². The Hall–Kier alpha value is -2.64. The molecule has 0 radical (unpaired) electrons. The largest absolute Gasteiger partial charge is 0.611 e. The summed E-state index contributed by atoms with van der Waals surface area (Å²) in [6, 6.07) is 12.3. The molecule has 154 valence electrons. The highest BCUT2D eigenvalue weighted by atomic mass is 32.2. The number of nitrogens with zero attached hydrogens (tertiary/aromatic N) is 4. The Kier molecular flexibility index (Phi) is 4.67. The third-order valence-electron chi connectivity index (χ3n) is 6.05. The van der Waals surface area contributed by atoms with Gasteiger partial charge in [-0.2, -0.15) is 4.98 Å². The summed E-state index contributed by atoms with van der Waals surface area (Å²) in [5.41, 5.74) is 5.13. The van der Waals surface area contributed by atoms with E-state index in [0.29, 0.717) is 5.95 Å². The van der Waals surface area contributed by atoms with E-state index >= 15 is 0 Å². The predicted octanol–water partition coefficient (Wildman–Crippen LogP) is 4.24. The van der Waals surface area contributed by atoms with Crippen LogP contribution in [0, 0.1) is 6.92 Å². The number of rotatable bonds is 4. The van der Waals surface area contributed by atoms with Crippen molar-refractivity contribution in [1.29, 1.82) is 0 Å². The van der Waals surface area contributed by atoms with Crippen LogP contribution in [-0.4, -0.2) is 38.3 Å². The Morgan fingerprint density at radius 1 is 1.07 bits per heavy atom. The van der Waals surface area contributed by atoms with E-state index in [9.17, 15) is 4.55 Å². The Balaban J connectivity index is 1.43. The second-order valence-corrected chi connectivity index (χ2v) is 10.2. The van der Waals surface area contributed by atoms with Gasteiger partial charge in [-0.1, -0.05) is 12.1 Å². The van der Waals surface area contributed by atoms with Crippen molar-refractivity contribution in [2.45, 2.75) is 42.2 Å². The molecule has 0 amide bonds. The molecule has 1 saturated carbocycles. The molecule has 3 heterocycles. The molecule has 3 aromatic rings. The van der Waals surface area contributed by atoms with Crippen LogP contribution in [0.1, 0.15) is 30.7 Å². The van der Waals surface area contributed by atoms with E-state index in [2.05, 4.69) is 28.5 Å². The molecule has 1 fully saturated rings. The van der Waals surface area contributed by atoms with Gasteiger partial charge in [0.05, 0.1) is 0 Å². The summed E-state index contributed by atoms with van der Waals surface area (Å²) < 4.78 is 13.1. The van der Waals surface area contributed by atoms with Crippen LogP contribution in [0.5, 0.6) is 0 Å². The van der Waals surface area contributed by atoms with Crippen LogP contribution in [0.2, 0.25) is 0 Å². The summed E-state index contributed by atoms with van der Waals surface area (Å²) in [5.74, 6) is 1.31. The van der Waals surface area contributed by atoms with Crippen molar-refractivity contribution in [2.75, 3.05) is 24.3 Å². The van der Waals surface area contributed by atoms with E-state index in [1.807, 2.05) is 50.3 Å². The molecule has 1 atom stereocenters. The zero-order valence-corrected chi connectivity index (χ0v) is 18.3. The molecule has 1 N–H and O–H groups in total. The van der Waals surface area contributed by atoms with Gasteiger partial charge < -0.3 is 14.8 Å². The van der Waals surface area contributed by atoms with E-state index in [-0.39, 0.29) is 4.75 Å². The summed E-state index contributed by atoms with van der Waals surface area (Å²) in [5, 5.41) is 3.34. The Morgan fingerprint density at radius 3 is 2.47 bits per heavy atom. The summed E-state index contributed by atoms with van der Waals surface area (Å²) in [6.07, 6.45) is 5.80. The summed E-state index contributed by atoms with van der Waals surface area (Å²) in [4.78, 5) is 16.5. The lowest BCUT2D eigenvalue weighted by Gasteiger charge is -2.37. The summed E-state index contributed by atoms with van der Waals surface area (Å²) in [7, 11) is 3.89. The van der Waals surface area contributed by atoms with Gasteiger partial charge in [0.1, 0.15) is 10.4 Å². The maximum absolute atomic E-state index is 13.2. The molecule has 30 heavy (non-hydrogen) atoms. The van der Waals surface area contributed by atoms with Crippen LogP contribution in [0.25, 0.3) is 11.1 Å². The lowest BCUT2D eigenvalue weighted by Crippen LogP contribution is -2.43. The number of aromatic nitrogens is 3. The van der Waals surface area contributed by atoms with Crippen LogP contribution in [0.3, 0.4) is 0 Å². The molecule has 1 aromatic carbocycles. The number of fused-ring (bicyclic) bond motifs is 1. The monoisotopic (exact) mass is 419 g/mol. The van der Waals surface area contributed by atoms with E-state index < -0.39 is 11.2 Å². The highest BCUT2D eigenvalue weighted by molar-refractivity contribution is 7.93. The van der Waals surface area contributed by atoms with Gasteiger partial charge in [0.25, 0.3) is 0 Å². The molecule has 1 aliphatic heterocycles. The van der Waals surface area contributed by atoms with Crippen molar-refractivity contribution in [3.63, 3.8) is 0 Å². The smallest absolute Gasteiger partial charge is 0.229 e. The van der Waals surface area contributed by atoms with Crippen LogP contribution < -0.4 is 10.2 Å². The average Bonchev–Trinajstić information content (AvgIpc) is 3.01. The van der Waals surface area contributed by atoms with E-state index in [0.717, 1.165) is 64.6 Å². The van der Waals surface area contributed by atoms with Crippen molar-refractivity contribution >= 4 is 28.6 Å². The van der Waals surface area contributed by atoms with Gasteiger partial charge in [0, 0.05) is 38.1 Å². The maximum atomic E-state index is 13.2. The van der Waals surface area contributed by atoms with Gasteiger partial charge in [-0.05, 0) is 72.8 Å². The third kappa shape index (κ3) is 3.22. The zero-order valence-electron chi connectivity index (χ0n) is 17.5. The molecule has 0 bridgehead atoms. The number of hydrogen-bond donors (Lipinski definition) is 1. The lowest BCUT2D eigenvalue weighted by atomic mass is 9.81. The quantitative estimate of drug-likeness (QED) is 0.637.